The van der Waals surface area contributed by atoms with Crippen molar-refractivity contribution < 1.29 is 14.3 Å². The van der Waals surface area contributed by atoms with Crippen LogP contribution in [0.4, 0.5) is 0 Å². The van der Waals surface area contributed by atoms with Crippen LogP contribution in [0.15, 0.2) is 0 Å². The highest BCUT2D eigenvalue weighted by Crippen LogP contribution is 2.29. The molecule has 0 N–H and O–H groups in total. The maximum absolute atomic E-state index is 11.0. The minimum atomic E-state index is -0.847. The number of cyclic esters (lactones) is 1. The molecule has 0 aromatic rings. The van der Waals surface area contributed by atoms with Crippen LogP contribution in [0.1, 0.15) is 20.3 Å². The van der Waals surface area contributed by atoms with E-state index in [9.17, 15) is 9.59 Å². The highest BCUT2D eigenvalue weighted by molar-refractivity contribution is 6.08. The summed E-state index contributed by atoms with van der Waals surface area (Å²) in [4.78, 5) is 21.9. The summed E-state index contributed by atoms with van der Waals surface area (Å²) in [5.74, 6) is -0.472. The first kappa shape index (κ1) is 7.25. The molecule has 1 fully saturated rings. The quantitative estimate of drug-likeness (QED) is 0.396. The number of Topliss-reactive ketones (excluding diaryl/α,β-unsaturated/α-hetero) is 1. The average molecular weight is 142 g/mol. The predicted molar refractivity (Wildman–Crippen MR) is 34.4 cm³/mol. The van der Waals surface area contributed by atoms with Crippen molar-refractivity contribution >= 4 is 11.8 Å². The molecule has 0 aliphatic carbocycles. The monoisotopic (exact) mass is 142 g/mol. The van der Waals surface area contributed by atoms with E-state index in [1.54, 1.807) is 6.92 Å². The highest BCUT2D eigenvalue weighted by Gasteiger charge is 2.46. The Balaban J connectivity index is 2.90. The molecule has 10 heavy (non-hydrogen) atoms. The molecule has 3 heteroatoms. The molecule has 0 saturated carbocycles. The van der Waals surface area contributed by atoms with E-state index >= 15 is 0 Å². The maximum Gasteiger partial charge on any atom is 0.319 e. The smallest absolute Gasteiger partial charge is 0.319 e. The van der Waals surface area contributed by atoms with E-state index in [1.165, 1.54) is 0 Å². The Labute approximate surface area is 59.4 Å². The first-order valence-electron chi connectivity index (χ1n) is 3.32. The largest absolute Gasteiger partial charge is 0.457 e. The molecule has 1 aliphatic rings. The molecular weight excluding hydrogens is 132 g/mol. The SMILES string of the molecule is CCC1(C)C(=O)COC1=O. The van der Waals surface area contributed by atoms with Crippen molar-refractivity contribution in [2.45, 2.75) is 20.3 Å². The van der Waals surface area contributed by atoms with Gasteiger partial charge in [-0.25, -0.2) is 0 Å². The molecule has 0 bridgehead atoms. The molecule has 1 unspecified atom stereocenters. The summed E-state index contributed by atoms with van der Waals surface area (Å²) in [5.41, 5.74) is -0.847. The van der Waals surface area contributed by atoms with Crippen LogP contribution >= 0.6 is 0 Å². The van der Waals surface area contributed by atoms with Crippen LogP contribution in [0.25, 0.3) is 0 Å². The lowest BCUT2D eigenvalue weighted by atomic mass is 9.85. The second-order valence-electron chi connectivity index (χ2n) is 2.68. The summed E-state index contributed by atoms with van der Waals surface area (Å²) in [6.45, 7) is 3.40. The number of ether oxygens (including phenoxy) is 1. The van der Waals surface area contributed by atoms with Crippen LogP contribution in [0, 0.1) is 5.41 Å². The number of esters is 1. The van der Waals surface area contributed by atoms with Gasteiger partial charge in [-0.1, -0.05) is 6.92 Å². The second-order valence-corrected chi connectivity index (χ2v) is 2.68. The van der Waals surface area contributed by atoms with Gasteiger partial charge in [0.15, 0.2) is 12.4 Å². The number of ketones is 1. The maximum atomic E-state index is 11.0. The normalized spacial score (nSPS) is 32.6. The molecule has 0 amide bonds. The van der Waals surface area contributed by atoms with E-state index in [2.05, 4.69) is 4.74 Å². The van der Waals surface area contributed by atoms with Gasteiger partial charge in [0, 0.05) is 0 Å². The molecule has 1 atom stereocenters. The van der Waals surface area contributed by atoms with E-state index in [-0.39, 0.29) is 18.4 Å². The fourth-order valence-electron chi connectivity index (χ4n) is 0.905. The van der Waals surface area contributed by atoms with E-state index < -0.39 is 5.41 Å². The second kappa shape index (κ2) is 2.08. The summed E-state index contributed by atoms with van der Waals surface area (Å²) in [5, 5.41) is 0. The summed E-state index contributed by atoms with van der Waals surface area (Å²) in [7, 11) is 0. The minimum Gasteiger partial charge on any atom is -0.457 e. The third-order valence-electron chi connectivity index (χ3n) is 2.11. The standard InChI is InChI=1S/C7H10O3/c1-3-7(2)5(8)4-10-6(7)9/h3-4H2,1-2H3. The molecule has 1 rings (SSSR count). The lowest BCUT2D eigenvalue weighted by molar-refractivity contribution is -0.146. The average Bonchev–Trinajstić information content (AvgIpc) is 2.18. The van der Waals surface area contributed by atoms with Gasteiger partial charge in [-0.05, 0) is 13.3 Å². The Bertz CT molecular complexity index is 167. The molecule has 1 aliphatic heterocycles. The Morgan fingerprint density at radius 2 is 2.20 bits per heavy atom. The first-order chi connectivity index (χ1) is 4.61. The molecule has 3 nitrogen and oxygen atoms in total. The van der Waals surface area contributed by atoms with Crippen LogP contribution in [-0.4, -0.2) is 18.4 Å². The van der Waals surface area contributed by atoms with Gasteiger partial charge in [-0.3, -0.25) is 9.59 Å². The van der Waals surface area contributed by atoms with Crippen molar-refractivity contribution in [2.75, 3.05) is 6.61 Å². The van der Waals surface area contributed by atoms with Gasteiger partial charge < -0.3 is 4.74 Å². The van der Waals surface area contributed by atoms with Crippen molar-refractivity contribution in [2.24, 2.45) is 5.41 Å². The summed E-state index contributed by atoms with van der Waals surface area (Å²) >= 11 is 0. The fraction of sp³-hybridized carbons (Fsp3) is 0.714. The van der Waals surface area contributed by atoms with Crippen molar-refractivity contribution in [1.82, 2.24) is 0 Å². The minimum absolute atomic E-state index is 0.0385. The molecule has 0 aromatic carbocycles. The van der Waals surface area contributed by atoms with Crippen LogP contribution in [-0.2, 0) is 14.3 Å². The van der Waals surface area contributed by atoms with Gasteiger partial charge >= 0.3 is 5.97 Å². The molecule has 0 aromatic heterocycles. The van der Waals surface area contributed by atoms with Gasteiger partial charge in [0.05, 0.1) is 0 Å². The number of carbonyl (C=O) groups is 2. The lowest BCUT2D eigenvalue weighted by Gasteiger charge is -2.12. The van der Waals surface area contributed by atoms with Crippen LogP contribution < -0.4 is 0 Å². The highest BCUT2D eigenvalue weighted by atomic mass is 16.5. The Morgan fingerprint density at radius 3 is 2.40 bits per heavy atom. The van der Waals surface area contributed by atoms with Gasteiger partial charge in [-0.15, -0.1) is 0 Å². The van der Waals surface area contributed by atoms with Gasteiger partial charge in [0.2, 0.25) is 0 Å². The number of rotatable bonds is 1. The Morgan fingerprint density at radius 1 is 1.60 bits per heavy atom. The zero-order chi connectivity index (χ0) is 7.78. The topological polar surface area (TPSA) is 43.4 Å². The van der Waals surface area contributed by atoms with E-state index in [0.717, 1.165) is 0 Å². The summed E-state index contributed by atoms with van der Waals surface area (Å²) in [6, 6.07) is 0. The number of carbonyl (C=O) groups excluding carboxylic acids is 2. The number of hydrogen-bond acceptors (Lipinski definition) is 3. The third-order valence-corrected chi connectivity index (χ3v) is 2.11. The van der Waals surface area contributed by atoms with E-state index in [0.29, 0.717) is 6.42 Å². The fourth-order valence-corrected chi connectivity index (χ4v) is 0.905. The molecule has 1 saturated heterocycles. The van der Waals surface area contributed by atoms with Crippen molar-refractivity contribution in [3.05, 3.63) is 0 Å². The van der Waals surface area contributed by atoms with Gasteiger partial charge in [0.25, 0.3) is 0 Å². The van der Waals surface area contributed by atoms with Crippen molar-refractivity contribution in [3.63, 3.8) is 0 Å². The zero-order valence-electron chi connectivity index (χ0n) is 6.14. The predicted octanol–water partition coefficient (Wildman–Crippen LogP) is 0.529. The summed E-state index contributed by atoms with van der Waals surface area (Å²) < 4.78 is 4.58. The van der Waals surface area contributed by atoms with E-state index in [1.807, 2.05) is 6.92 Å². The van der Waals surface area contributed by atoms with Crippen molar-refractivity contribution in [1.29, 1.82) is 0 Å². The lowest BCUT2D eigenvalue weighted by Crippen LogP contribution is -2.28. The molecule has 0 radical (unpaired) electrons. The summed E-state index contributed by atoms with van der Waals surface area (Å²) in [6.07, 6.45) is 0.532. The Hall–Kier alpha value is -0.860. The van der Waals surface area contributed by atoms with E-state index in [4.69, 9.17) is 0 Å². The van der Waals surface area contributed by atoms with Gasteiger partial charge in [0.1, 0.15) is 5.41 Å². The van der Waals surface area contributed by atoms with Crippen molar-refractivity contribution in [3.8, 4) is 0 Å². The third kappa shape index (κ3) is 0.735. The molecule has 1 heterocycles. The first-order valence-corrected chi connectivity index (χ1v) is 3.32. The van der Waals surface area contributed by atoms with Crippen LogP contribution in [0.3, 0.4) is 0 Å². The zero-order valence-corrected chi connectivity index (χ0v) is 6.14. The molecular formula is C7H10O3. The van der Waals surface area contributed by atoms with Crippen LogP contribution in [0.2, 0.25) is 0 Å². The molecule has 56 valence electrons. The Kier molecular flexibility index (Phi) is 1.50. The molecule has 0 spiro atoms. The van der Waals surface area contributed by atoms with Crippen LogP contribution in [0.5, 0.6) is 0 Å². The number of hydrogen-bond donors (Lipinski definition) is 0. The van der Waals surface area contributed by atoms with Gasteiger partial charge in [-0.2, -0.15) is 0 Å².